The first kappa shape index (κ1) is 17.6. The summed E-state index contributed by atoms with van der Waals surface area (Å²) in [5, 5.41) is 20.6. The first-order valence-electron chi connectivity index (χ1n) is 4.17. The summed E-state index contributed by atoms with van der Waals surface area (Å²) in [6.07, 6.45) is 2.73. The zero-order valence-electron chi connectivity index (χ0n) is 8.77. The molecular weight excluding hydrogens is 296 g/mol. The molecule has 0 aromatic carbocycles. The fourth-order valence-electron chi connectivity index (χ4n) is 0.468. The minimum Gasteiger partial charge on any atom is -0.741 e. The molecule has 0 aliphatic rings. The number of amidine groups is 2. The molecular formula is C7H12CuN6S2. The standard InChI is InChI=1S/C7H14N6S2.Cu/c1-3-9-7(15)13-11-5-4-10-12-6(14)8-2;/h4-5H,3H2,1-2H3,(H2,8,12,14)(H2,9,13,15);/q;+2/p-2. The first-order chi connectivity index (χ1) is 7.20. The Morgan fingerprint density at radius 2 is 1.62 bits per heavy atom. The molecule has 0 spiro atoms. The van der Waals surface area contributed by atoms with E-state index in [0.717, 1.165) is 6.54 Å². The summed E-state index contributed by atoms with van der Waals surface area (Å²) in [5.74, 6) is 0. The molecule has 6 nitrogen and oxygen atoms in total. The van der Waals surface area contributed by atoms with Crippen molar-refractivity contribution in [2.75, 3.05) is 13.6 Å². The van der Waals surface area contributed by atoms with Crippen molar-refractivity contribution in [2.24, 2.45) is 20.4 Å². The van der Waals surface area contributed by atoms with Crippen molar-refractivity contribution >= 4 is 48.0 Å². The van der Waals surface area contributed by atoms with E-state index in [1.807, 2.05) is 6.92 Å². The van der Waals surface area contributed by atoms with Gasteiger partial charge in [0.15, 0.2) is 0 Å². The molecule has 0 fully saturated rings. The van der Waals surface area contributed by atoms with E-state index in [1.54, 1.807) is 7.05 Å². The van der Waals surface area contributed by atoms with E-state index in [1.165, 1.54) is 12.4 Å². The predicted molar refractivity (Wildman–Crippen MR) is 69.3 cm³/mol. The van der Waals surface area contributed by atoms with Crippen molar-refractivity contribution in [3.63, 3.8) is 0 Å². The summed E-state index contributed by atoms with van der Waals surface area (Å²) in [6.45, 7) is 2.64. The summed E-state index contributed by atoms with van der Waals surface area (Å²) in [6, 6.07) is 0. The van der Waals surface area contributed by atoms with Crippen LogP contribution in [0.2, 0.25) is 0 Å². The van der Waals surface area contributed by atoms with Crippen LogP contribution in [0.4, 0.5) is 0 Å². The topological polar surface area (TPSA) is 73.5 Å². The Hall–Kier alpha value is -0.761. The maximum absolute atomic E-state index is 4.80. The fraction of sp³-hybridized carbons (Fsp3) is 0.429. The van der Waals surface area contributed by atoms with E-state index in [4.69, 9.17) is 25.3 Å². The first-order valence-corrected chi connectivity index (χ1v) is 4.98. The van der Waals surface area contributed by atoms with E-state index in [0.29, 0.717) is 10.3 Å². The number of nitrogens with one attached hydrogen (secondary N) is 2. The zero-order chi connectivity index (χ0) is 11.5. The van der Waals surface area contributed by atoms with Gasteiger partial charge in [0.2, 0.25) is 0 Å². The molecule has 16 heavy (non-hydrogen) atoms. The minimum atomic E-state index is 0. The van der Waals surface area contributed by atoms with Gasteiger partial charge >= 0.3 is 17.1 Å². The van der Waals surface area contributed by atoms with Crippen LogP contribution >= 0.6 is 0 Å². The minimum absolute atomic E-state index is 0. The summed E-state index contributed by atoms with van der Waals surface area (Å²) in [7, 11) is 1.67. The Morgan fingerprint density at radius 3 is 2.06 bits per heavy atom. The van der Waals surface area contributed by atoms with Crippen molar-refractivity contribution in [1.29, 1.82) is 0 Å². The Morgan fingerprint density at radius 1 is 1.12 bits per heavy atom. The number of hydrogen-bond acceptors (Lipinski definition) is 6. The van der Waals surface area contributed by atoms with Gasteiger partial charge in [0.25, 0.3) is 0 Å². The SMILES string of the molecule is CCNC([S-])=NN=CC=NN=C([S-])NC.[Cu+2]. The average molecular weight is 308 g/mol. The second-order valence-electron chi connectivity index (χ2n) is 2.12. The number of rotatable bonds is 4. The van der Waals surface area contributed by atoms with Crippen molar-refractivity contribution < 1.29 is 17.1 Å². The second-order valence-corrected chi connectivity index (χ2v) is 2.89. The summed E-state index contributed by atoms with van der Waals surface area (Å²) < 4.78 is 0. The van der Waals surface area contributed by atoms with Gasteiger partial charge in [-0.15, -0.1) is 0 Å². The van der Waals surface area contributed by atoms with E-state index in [9.17, 15) is 0 Å². The molecule has 0 amide bonds. The van der Waals surface area contributed by atoms with Gasteiger partial charge in [0.1, 0.15) is 0 Å². The summed E-state index contributed by atoms with van der Waals surface area (Å²) >= 11 is 9.52. The molecule has 0 aromatic heterocycles. The molecule has 0 rings (SSSR count). The Labute approximate surface area is 116 Å². The van der Waals surface area contributed by atoms with Crippen molar-refractivity contribution in [2.45, 2.75) is 6.92 Å². The molecule has 0 unspecified atom stereocenters. The van der Waals surface area contributed by atoms with Crippen LogP contribution < -0.4 is 10.6 Å². The molecule has 0 aliphatic carbocycles. The van der Waals surface area contributed by atoms with Gasteiger partial charge in [-0.25, -0.2) is 0 Å². The molecule has 1 radical (unpaired) electrons. The summed E-state index contributed by atoms with van der Waals surface area (Å²) in [5.41, 5.74) is 0. The number of nitrogens with zero attached hydrogens (tertiary/aromatic N) is 4. The van der Waals surface area contributed by atoms with Crippen LogP contribution in [-0.2, 0) is 42.3 Å². The Kier molecular flexibility index (Phi) is 13.6. The summed E-state index contributed by atoms with van der Waals surface area (Å²) in [4.78, 5) is 0. The molecule has 0 bridgehead atoms. The van der Waals surface area contributed by atoms with E-state index >= 15 is 0 Å². The molecule has 0 saturated carbocycles. The predicted octanol–water partition coefficient (Wildman–Crippen LogP) is -0.410. The normalized spacial score (nSPS) is 12.9. The Bertz CT molecular complexity index is 289. The number of hydrogen-bond donors (Lipinski definition) is 2. The third kappa shape index (κ3) is 11.3. The molecule has 0 saturated heterocycles. The molecule has 9 heteroatoms. The van der Waals surface area contributed by atoms with Gasteiger partial charge in [-0.2, -0.15) is 20.4 Å². The average Bonchev–Trinajstić information content (AvgIpc) is 2.23. The fourth-order valence-corrected chi connectivity index (χ4v) is 0.706. The van der Waals surface area contributed by atoms with E-state index < -0.39 is 0 Å². The van der Waals surface area contributed by atoms with Crippen molar-refractivity contribution in [1.82, 2.24) is 10.6 Å². The van der Waals surface area contributed by atoms with Gasteiger partial charge in [0.05, 0.1) is 12.4 Å². The van der Waals surface area contributed by atoms with Gasteiger partial charge in [-0.1, -0.05) is 0 Å². The van der Waals surface area contributed by atoms with Gasteiger partial charge in [-0.3, -0.25) is 0 Å². The second kappa shape index (κ2) is 12.3. The van der Waals surface area contributed by atoms with Gasteiger partial charge < -0.3 is 35.9 Å². The van der Waals surface area contributed by atoms with Crippen molar-refractivity contribution in [3.8, 4) is 0 Å². The van der Waals surface area contributed by atoms with Crippen LogP contribution in [0, 0.1) is 0 Å². The van der Waals surface area contributed by atoms with Crippen LogP contribution in [0.3, 0.4) is 0 Å². The molecule has 0 atom stereocenters. The maximum Gasteiger partial charge on any atom is 2.00 e. The largest absolute Gasteiger partial charge is 2.00 e. The van der Waals surface area contributed by atoms with E-state index in [2.05, 4.69) is 31.0 Å². The molecule has 93 valence electrons. The van der Waals surface area contributed by atoms with Crippen LogP contribution in [0.1, 0.15) is 6.92 Å². The third-order valence-corrected chi connectivity index (χ3v) is 1.55. The van der Waals surface area contributed by atoms with Crippen molar-refractivity contribution in [3.05, 3.63) is 0 Å². The molecule has 0 heterocycles. The Balaban J connectivity index is 0. The molecule has 2 N–H and O–H groups in total. The molecule has 0 aliphatic heterocycles. The molecule has 0 aromatic rings. The quantitative estimate of drug-likeness (QED) is 0.243. The van der Waals surface area contributed by atoms with Gasteiger partial charge in [-0.05, 0) is 17.3 Å². The van der Waals surface area contributed by atoms with Crippen LogP contribution in [-0.4, -0.2) is 36.4 Å². The monoisotopic (exact) mass is 307 g/mol. The zero-order valence-corrected chi connectivity index (χ0v) is 11.3. The van der Waals surface area contributed by atoms with E-state index in [-0.39, 0.29) is 17.1 Å². The smallest absolute Gasteiger partial charge is 0.741 e. The van der Waals surface area contributed by atoms with Gasteiger partial charge in [0, 0.05) is 13.6 Å². The maximum atomic E-state index is 4.80. The van der Waals surface area contributed by atoms with Crippen LogP contribution in [0.25, 0.3) is 0 Å². The third-order valence-electron chi connectivity index (χ3n) is 1.04. The van der Waals surface area contributed by atoms with Crippen LogP contribution in [0.5, 0.6) is 0 Å². The van der Waals surface area contributed by atoms with Crippen LogP contribution in [0.15, 0.2) is 20.4 Å².